The number of fused-ring (bicyclic) bond motifs is 2. The van der Waals surface area contributed by atoms with Crippen LogP contribution < -0.4 is 16.0 Å². The molecule has 0 spiro atoms. The van der Waals surface area contributed by atoms with E-state index in [4.69, 9.17) is 20.2 Å². The van der Waals surface area contributed by atoms with Crippen LogP contribution in [0.2, 0.25) is 0 Å². The largest absolute Gasteiger partial charge is 0.383 e. The third-order valence-electron chi connectivity index (χ3n) is 7.36. The van der Waals surface area contributed by atoms with Crippen molar-refractivity contribution in [1.29, 1.82) is 0 Å². The molecule has 4 aromatic rings. The number of anilines is 3. The topological polar surface area (TPSA) is 111 Å². The summed E-state index contributed by atoms with van der Waals surface area (Å²) in [6, 6.07) is 8.81. The van der Waals surface area contributed by atoms with Gasteiger partial charge in [0, 0.05) is 55.8 Å². The van der Waals surface area contributed by atoms with Crippen molar-refractivity contribution in [3.8, 4) is 11.1 Å². The van der Waals surface area contributed by atoms with Crippen molar-refractivity contribution in [1.82, 2.24) is 19.9 Å². The number of benzene rings is 1. The number of aromatic nitrogens is 4. The molecule has 2 fully saturated rings. The Labute approximate surface area is 210 Å². The number of ether oxygens (including phenoxy) is 2. The minimum atomic E-state index is 0.336. The first kappa shape index (κ1) is 22.9. The zero-order valence-electron chi connectivity index (χ0n) is 20.5. The summed E-state index contributed by atoms with van der Waals surface area (Å²) in [7, 11) is 1.79. The summed E-state index contributed by atoms with van der Waals surface area (Å²) in [5, 5.41) is 6.53. The van der Waals surface area contributed by atoms with Crippen molar-refractivity contribution in [3.05, 3.63) is 42.9 Å². The molecule has 1 aliphatic carbocycles. The highest BCUT2D eigenvalue weighted by Gasteiger charge is 2.22. The fourth-order valence-corrected chi connectivity index (χ4v) is 5.30. The van der Waals surface area contributed by atoms with Gasteiger partial charge in [-0.25, -0.2) is 19.9 Å². The number of morpholine rings is 1. The van der Waals surface area contributed by atoms with Gasteiger partial charge in [-0.05, 0) is 48.8 Å². The lowest BCUT2D eigenvalue weighted by Gasteiger charge is -2.28. The Kier molecular flexibility index (Phi) is 6.25. The van der Waals surface area contributed by atoms with Crippen LogP contribution in [0.3, 0.4) is 0 Å². The van der Waals surface area contributed by atoms with Crippen molar-refractivity contribution in [3.63, 3.8) is 0 Å². The predicted octanol–water partition coefficient (Wildman–Crippen LogP) is 4.03. The maximum Gasteiger partial charge on any atom is 0.223 e. The van der Waals surface area contributed by atoms with E-state index in [9.17, 15) is 0 Å². The molecular formula is C27H31N7O2. The lowest BCUT2D eigenvalue weighted by molar-refractivity contribution is 0.0681. The summed E-state index contributed by atoms with van der Waals surface area (Å²) in [6.07, 6.45) is 9.97. The van der Waals surface area contributed by atoms with Gasteiger partial charge in [0.25, 0.3) is 0 Å². The molecule has 2 aliphatic rings. The Morgan fingerprint density at radius 2 is 1.83 bits per heavy atom. The molecular weight excluding hydrogens is 454 g/mol. The van der Waals surface area contributed by atoms with Crippen molar-refractivity contribution in [2.24, 2.45) is 0 Å². The fraction of sp³-hybridized carbons (Fsp3) is 0.407. The summed E-state index contributed by atoms with van der Waals surface area (Å²) < 4.78 is 11.0. The van der Waals surface area contributed by atoms with Crippen LogP contribution in [-0.4, -0.2) is 65.5 Å². The van der Waals surface area contributed by atoms with E-state index in [0.29, 0.717) is 23.9 Å². The second-order valence-electron chi connectivity index (χ2n) is 9.54. The Bertz CT molecular complexity index is 1380. The molecule has 1 saturated heterocycles. The highest BCUT2D eigenvalue weighted by Crippen LogP contribution is 2.34. The minimum Gasteiger partial charge on any atom is -0.383 e. The van der Waals surface area contributed by atoms with Crippen LogP contribution in [0.4, 0.5) is 17.6 Å². The Hall–Kier alpha value is -3.56. The standard InChI is InChI=1S/C27H31N7O2/c1-35-20-5-3-19(4-6-20)32-27-31-16-23-24(33-27)22(15-30-25(23)28)17-2-7-21-18(14-17)8-9-29-26(21)34-10-12-36-13-11-34/h2,7-9,14-16,19-20H,3-6,10-13H2,1H3,(H2,28,30)(H,31,32,33). The van der Waals surface area contributed by atoms with E-state index in [-0.39, 0.29) is 0 Å². The summed E-state index contributed by atoms with van der Waals surface area (Å²) >= 11 is 0. The van der Waals surface area contributed by atoms with Gasteiger partial charge in [0.05, 0.1) is 30.2 Å². The predicted molar refractivity (Wildman–Crippen MR) is 142 cm³/mol. The molecule has 0 atom stereocenters. The third-order valence-corrected chi connectivity index (χ3v) is 7.36. The maximum atomic E-state index is 6.21. The molecule has 0 bridgehead atoms. The number of nitrogens with one attached hydrogen (secondary N) is 1. The van der Waals surface area contributed by atoms with Crippen LogP contribution in [0.1, 0.15) is 25.7 Å². The van der Waals surface area contributed by atoms with Gasteiger partial charge in [-0.2, -0.15) is 0 Å². The lowest BCUT2D eigenvalue weighted by Crippen LogP contribution is -2.36. The number of methoxy groups -OCH3 is 1. The number of nitrogens with two attached hydrogens (primary N) is 1. The number of pyridine rings is 2. The minimum absolute atomic E-state index is 0.336. The average Bonchev–Trinajstić information content (AvgIpc) is 2.93. The second-order valence-corrected chi connectivity index (χ2v) is 9.54. The van der Waals surface area contributed by atoms with Gasteiger partial charge < -0.3 is 25.4 Å². The van der Waals surface area contributed by atoms with Crippen LogP contribution in [0.15, 0.2) is 42.9 Å². The van der Waals surface area contributed by atoms with E-state index < -0.39 is 0 Å². The molecule has 36 heavy (non-hydrogen) atoms. The van der Waals surface area contributed by atoms with Crippen molar-refractivity contribution < 1.29 is 9.47 Å². The molecule has 0 unspecified atom stereocenters. The molecule has 1 aromatic carbocycles. The Balaban J connectivity index is 1.35. The van der Waals surface area contributed by atoms with Gasteiger partial charge in [-0.1, -0.05) is 12.1 Å². The number of nitrogen functional groups attached to an aromatic ring is 1. The highest BCUT2D eigenvalue weighted by atomic mass is 16.5. The molecule has 3 N–H and O–H groups in total. The van der Waals surface area contributed by atoms with Crippen molar-refractivity contribution in [2.45, 2.75) is 37.8 Å². The third kappa shape index (κ3) is 4.40. The van der Waals surface area contributed by atoms with Crippen LogP contribution >= 0.6 is 0 Å². The van der Waals surface area contributed by atoms with E-state index in [0.717, 1.165) is 90.6 Å². The highest BCUT2D eigenvalue weighted by molar-refractivity contribution is 6.01. The molecule has 6 rings (SSSR count). The Morgan fingerprint density at radius 3 is 2.64 bits per heavy atom. The second kappa shape index (κ2) is 9.83. The van der Waals surface area contributed by atoms with E-state index >= 15 is 0 Å². The molecule has 4 heterocycles. The fourth-order valence-electron chi connectivity index (χ4n) is 5.30. The van der Waals surface area contributed by atoms with E-state index in [1.807, 2.05) is 18.5 Å². The average molecular weight is 486 g/mol. The first-order valence-electron chi connectivity index (χ1n) is 12.6. The number of hydrogen-bond donors (Lipinski definition) is 2. The zero-order valence-corrected chi connectivity index (χ0v) is 20.5. The van der Waals surface area contributed by atoms with Crippen molar-refractivity contribution in [2.75, 3.05) is 49.4 Å². The summed E-state index contributed by atoms with van der Waals surface area (Å²) in [5.41, 5.74) is 8.97. The van der Waals surface area contributed by atoms with E-state index in [2.05, 4.69) is 43.4 Å². The Morgan fingerprint density at radius 1 is 1.00 bits per heavy atom. The maximum absolute atomic E-state index is 6.21. The van der Waals surface area contributed by atoms with Gasteiger partial charge in [0.2, 0.25) is 5.95 Å². The molecule has 3 aromatic heterocycles. The smallest absolute Gasteiger partial charge is 0.223 e. The number of rotatable bonds is 5. The summed E-state index contributed by atoms with van der Waals surface area (Å²) in [6.45, 7) is 3.15. The molecule has 0 radical (unpaired) electrons. The first-order valence-corrected chi connectivity index (χ1v) is 12.6. The summed E-state index contributed by atoms with van der Waals surface area (Å²) in [5.74, 6) is 2.05. The molecule has 9 heteroatoms. The van der Waals surface area contributed by atoms with Gasteiger partial charge in [0.1, 0.15) is 11.6 Å². The van der Waals surface area contributed by atoms with Gasteiger partial charge in [0.15, 0.2) is 0 Å². The molecule has 1 saturated carbocycles. The van der Waals surface area contributed by atoms with E-state index in [1.54, 1.807) is 13.3 Å². The normalized spacial score (nSPS) is 20.6. The molecule has 1 aliphatic heterocycles. The number of nitrogens with zero attached hydrogens (tertiary/aromatic N) is 5. The van der Waals surface area contributed by atoms with Crippen LogP contribution in [-0.2, 0) is 9.47 Å². The molecule has 9 nitrogen and oxygen atoms in total. The zero-order chi connectivity index (χ0) is 24.5. The van der Waals surface area contributed by atoms with Gasteiger partial charge in [-0.3, -0.25) is 0 Å². The molecule has 186 valence electrons. The SMILES string of the molecule is COC1CCC(Nc2ncc3c(N)ncc(-c4ccc5c(N6CCOCC6)nccc5c4)c3n2)CC1. The quantitative estimate of drug-likeness (QED) is 0.433. The molecule has 0 amide bonds. The van der Waals surface area contributed by atoms with Gasteiger partial charge >= 0.3 is 0 Å². The lowest BCUT2D eigenvalue weighted by atomic mass is 9.93. The van der Waals surface area contributed by atoms with Crippen LogP contribution in [0.5, 0.6) is 0 Å². The van der Waals surface area contributed by atoms with E-state index in [1.165, 1.54) is 0 Å². The monoisotopic (exact) mass is 485 g/mol. The summed E-state index contributed by atoms with van der Waals surface area (Å²) in [4.78, 5) is 20.9. The van der Waals surface area contributed by atoms with Crippen LogP contribution in [0, 0.1) is 0 Å². The van der Waals surface area contributed by atoms with Gasteiger partial charge in [-0.15, -0.1) is 0 Å². The number of hydrogen-bond acceptors (Lipinski definition) is 9. The van der Waals surface area contributed by atoms with Crippen LogP contribution in [0.25, 0.3) is 32.8 Å². The van der Waals surface area contributed by atoms with Crippen molar-refractivity contribution >= 4 is 39.3 Å². The first-order chi connectivity index (χ1) is 17.7.